The summed E-state index contributed by atoms with van der Waals surface area (Å²) in [6.45, 7) is 1.96. The number of pyridine rings is 3. The first-order valence-corrected chi connectivity index (χ1v) is 5.96. The molecule has 3 aromatic rings. The average Bonchev–Trinajstić information content (AvgIpc) is 2.44. The summed E-state index contributed by atoms with van der Waals surface area (Å²) in [4.78, 5) is 13.0. The number of aromatic nitrogens is 3. The van der Waals surface area contributed by atoms with E-state index in [-0.39, 0.29) is 0 Å². The Morgan fingerprint density at radius 1 is 1.11 bits per heavy atom. The van der Waals surface area contributed by atoms with Gasteiger partial charge in [-0.25, -0.2) is 4.98 Å². The quantitative estimate of drug-likeness (QED) is 0.666. The standard InChI is InChI=1S/C14H10ClN3/c1-9-13(15)10-5-7-16-8-12(10)18-14(9)11-4-2-3-6-17-11/h2-8H,1H3. The smallest absolute Gasteiger partial charge is 0.0938 e. The van der Waals surface area contributed by atoms with Gasteiger partial charge in [0.25, 0.3) is 0 Å². The van der Waals surface area contributed by atoms with Gasteiger partial charge in [0.15, 0.2) is 0 Å². The molecule has 0 aliphatic rings. The summed E-state index contributed by atoms with van der Waals surface area (Å²) in [7, 11) is 0. The first kappa shape index (κ1) is 11.1. The van der Waals surface area contributed by atoms with Crippen LogP contribution in [0.5, 0.6) is 0 Å². The molecule has 88 valence electrons. The molecular weight excluding hydrogens is 246 g/mol. The molecule has 3 rings (SSSR count). The van der Waals surface area contributed by atoms with Crippen LogP contribution in [0.3, 0.4) is 0 Å². The summed E-state index contributed by atoms with van der Waals surface area (Å²) in [5.41, 5.74) is 3.35. The number of rotatable bonds is 1. The topological polar surface area (TPSA) is 38.7 Å². The van der Waals surface area contributed by atoms with Crippen LogP contribution in [0.25, 0.3) is 22.3 Å². The summed E-state index contributed by atoms with van der Waals surface area (Å²) >= 11 is 6.39. The number of hydrogen-bond acceptors (Lipinski definition) is 3. The Kier molecular flexibility index (Phi) is 2.68. The fourth-order valence-corrected chi connectivity index (χ4v) is 2.17. The third kappa shape index (κ3) is 1.73. The molecular formula is C14H10ClN3. The summed E-state index contributed by atoms with van der Waals surface area (Å²) in [6, 6.07) is 7.61. The Morgan fingerprint density at radius 3 is 2.78 bits per heavy atom. The van der Waals surface area contributed by atoms with Gasteiger partial charge in [0.2, 0.25) is 0 Å². The van der Waals surface area contributed by atoms with E-state index in [1.165, 1.54) is 0 Å². The third-order valence-electron chi connectivity index (χ3n) is 2.86. The number of hydrogen-bond donors (Lipinski definition) is 0. The van der Waals surface area contributed by atoms with Crippen molar-refractivity contribution < 1.29 is 0 Å². The fraction of sp³-hybridized carbons (Fsp3) is 0.0714. The van der Waals surface area contributed by atoms with Gasteiger partial charge in [-0.05, 0) is 30.7 Å². The van der Waals surface area contributed by atoms with E-state index in [4.69, 9.17) is 11.6 Å². The highest BCUT2D eigenvalue weighted by molar-refractivity contribution is 6.36. The first-order chi connectivity index (χ1) is 8.77. The summed E-state index contributed by atoms with van der Waals surface area (Å²) in [6.07, 6.45) is 5.18. The van der Waals surface area contributed by atoms with Crippen LogP contribution in [-0.2, 0) is 0 Å². The van der Waals surface area contributed by atoms with Crippen LogP contribution in [0.1, 0.15) is 5.56 Å². The van der Waals surface area contributed by atoms with E-state index in [0.717, 1.165) is 27.9 Å². The zero-order valence-electron chi connectivity index (χ0n) is 9.76. The Bertz CT molecular complexity index is 711. The van der Waals surface area contributed by atoms with Gasteiger partial charge in [-0.3, -0.25) is 9.97 Å². The molecule has 0 unspecified atom stereocenters. The predicted octanol–water partition coefficient (Wildman–Crippen LogP) is 3.65. The molecule has 3 aromatic heterocycles. The Hall–Kier alpha value is -2.00. The summed E-state index contributed by atoms with van der Waals surface area (Å²) in [5, 5.41) is 1.63. The number of halogens is 1. The lowest BCUT2D eigenvalue weighted by atomic mass is 10.1. The molecule has 3 heterocycles. The molecule has 4 heteroatoms. The van der Waals surface area contributed by atoms with E-state index in [9.17, 15) is 0 Å². The third-order valence-corrected chi connectivity index (χ3v) is 3.35. The lowest BCUT2D eigenvalue weighted by molar-refractivity contribution is 1.23. The molecule has 0 aromatic carbocycles. The molecule has 0 saturated heterocycles. The largest absolute Gasteiger partial charge is 0.262 e. The highest BCUT2D eigenvalue weighted by Gasteiger charge is 2.12. The van der Waals surface area contributed by atoms with Crippen LogP contribution < -0.4 is 0 Å². The molecule has 18 heavy (non-hydrogen) atoms. The molecule has 0 bridgehead atoms. The predicted molar refractivity (Wildman–Crippen MR) is 72.5 cm³/mol. The van der Waals surface area contributed by atoms with Crippen molar-refractivity contribution in [3.05, 3.63) is 53.4 Å². The average molecular weight is 256 g/mol. The minimum absolute atomic E-state index is 0.711. The van der Waals surface area contributed by atoms with Gasteiger partial charge in [-0.2, -0.15) is 0 Å². The van der Waals surface area contributed by atoms with Crippen molar-refractivity contribution in [2.75, 3.05) is 0 Å². The van der Waals surface area contributed by atoms with Crippen molar-refractivity contribution in [2.24, 2.45) is 0 Å². The number of fused-ring (bicyclic) bond motifs is 1. The van der Waals surface area contributed by atoms with E-state index >= 15 is 0 Å². The molecule has 0 amide bonds. The van der Waals surface area contributed by atoms with Crippen LogP contribution in [0.2, 0.25) is 5.02 Å². The maximum Gasteiger partial charge on any atom is 0.0938 e. The normalized spacial score (nSPS) is 10.8. The lowest BCUT2D eigenvalue weighted by Gasteiger charge is -2.09. The molecule has 0 fully saturated rings. The molecule has 0 aliphatic heterocycles. The van der Waals surface area contributed by atoms with E-state index in [1.807, 2.05) is 31.2 Å². The van der Waals surface area contributed by atoms with E-state index < -0.39 is 0 Å². The maximum absolute atomic E-state index is 6.39. The second kappa shape index (κ2) is 4.35. The monoisotopic (exact) mass is 255 g/mol. The van der Waals surface area contributed by atoms with Crippen LogP contribution in [0, 0.1) is 6.92 Å². The van der Waals surface area contributed by atoms with Crippen molar-refractivity contribution in [3.63, 3.8) is 0 Å². The Labute approximate surface area is 109 Å². The SMILES string of the molecule is Cc1c(-c2ccccn2)nc2cnccc2c1Cl. The number of nitrogens with zero attached hydrogens (tertiary/aromatic N) is 3. The van der Waals surface area contributed by atoms with Crippen molar-refractivity contribution in [1.82, 2.24) is 15.0 Å². The van der Waals surface area contributed by atoms with Gasteiger partial charge in [0.05, 0.1) is 28.1 Å². The maximum atomic E-state index is 6.39. The highest BCUT2D eigenvalue weighted by atomic mass is 35.5. The van der Waals surface area contributed by atoms with Crippen molar-refractivity contribution in [1.29, 1.82) is 0 Å². The van der Waals surface area contributed by atoms with Crippen LogP contribution >= 0.6 is 11.6 Å². The zero-order chi connectivity index (χ0) is 12.5. The van der Waals surface area contributed by atoms with E-state index in [1.54, 1.807) is 18.6 Å². The molecule has 0 saturated carbocycles. The minimum atomic E-state index is 0.711. The highest BCUT2D eigenvalue weighted by Crippen LogP contribution is 2.31. The Balaban J connectivity index is 2.34. The van der Waals surface area contributed by atoms with Gasteiger partial charge >= 0.3 is 0 Å². The first-order valence-electron chi connectivity index (χ1n) is 5.58. The van der Waals surface area contributed by atoms with Gasteiger partial charge < -0.3 is 0 Å². The van der Waals surface area contributed by atoms with Gasteiger partial charge in [-0.1, -0.05) is 17.7 Å². The molecule has 3 nitrogen and oxygen atoms in total. The van der Waals surface area contributed by atoms with Gasteiger partial charge in [0.1, 0.15) is 0 Å². The second-order valence-electron chi connectivity index (χ2n) is 4.01. The van der Waals surface area contributed by atoms with Gasteiger partial charge in [-0.15, -0.1) is 0 Å². The van der Waals surface area contributed by atoms with Crippen LogP contribution in [0.4, 0.5) is 0 Å². The second-order valence-corrected chi connectivity index (χ2v) is 4.39. The van der Waals surface area contributed by atoms with Crippen molar-refractivity contribution >= 4 is 22.5 Å². The summed E-state index contributed by atoms with van der Waals surface area (Å²) < 4.78 is 0. The van der Waals surface area contributed by atoms with E-state index in [0.29, 0.717) is 5.02 Å². The molecule has 0 radical (unpaired) electrons. The minimum Gasteiger partial charge on any atom is -0.262 e. The fourth-order valence-electron chi connectivity index (χ4n) is 1.92. The molecule has 0 aliphatic carbocycles. The van der Waals surface area contributed by atoms with Crippen LogP contribution in [0.15, 0.2) is 42.9 Å². The lowest BCUT2D eigenvalue weighted by Crippen LogP contribution is -1.94. The van der Waals surface area contributed by atoms with Crippen LogP contribution in [-0.4, -0.2) is 15.0 Å². The van der Waals surface area contributed by atoms with Gasteiger partial charge in [0, 0.05) is 17.8 Å². The molecule has 0 atom stereocenters. The molecule has 0 N–H and O–H groups in total. The van der Waals surface area contributed by atoms with Crippen molar-refractivity contribution in [2.45, 2.75) is 6.92 Å². The van der Waals surface area contributed by atoms with Crippen molar-refractivity contribution in [3.8, 4) is 11.4 Å². The molecule has 0 spiro atoms. The zero-order valence-corrected chi connectivity index (χ0v) is 10.5. The Morgan fingerprint density at radius 2 is 2.00 bits per heavy atom. The summed E-state index contributed by atoms with van der Waals surface area (Å²) in [5.74, 6) is 0. The van der Waals surface area contributed by atoms with E-state index in [2.05, 4.69) is 15.0 Å².